The van der Waals surface area contributed by atoms with Crippen LogP contribution in [0.15, 0.2) is 36.4 Å². The summed E-state index contributed by atoms with van der Waals surface area (Å²) in [5, 5.41) is 1.34. The molecular weight excluding hydrogens is 352 g/mol. The van der Waals surface area contributed by atoms with Crippen molar-refractivity contribution in [1.82, 2.24) is 4.57 Å². The lowest BCUT2D eigenvalue weighted by molar-refractivity contribution is 0.103. The van der Waals surface area contributed by atoms with Gasteiger partial charge in [-0.3, -0.25) is 4.79 Å². The Morgan fingerprint density at radius 1 is 1.35 bits per heavy atom. The molecule has 26 heavy (non-hydrogen) atoms. The van der Waals surface area contributed by atoms with E-state index in [9.17, 15) is 4.79 Å². The van der Waals surface area contributed by atoms with Gasteiger partial charge in [0.1, 0.15) is 18.1 Å². The van der Waals surface area contributed by atoms with Crippen LogP contribution in [-0.2, 0) is 0 Å². The topological polar surface area (TPSA) is 66.5 Å². The van der Waals surface area contributed by atoms with E-state index in [0.29, 0.717) is 40.8 Å². The van der Waals surface area contributed by atoms with Crippen LogP contribution in [0.2, 0.25) is 5.02 Å². The number of halogens is 1. The van der Waals surface area contributed by atoms with Crippen LogP contribution >= 0.6 is 11.6 Å². The maximum absolute atomic E-state index is 13.3. The Hall–Kier alpha value is -2.50. The number of benzene rings is 2. The lowest BCUT2D eigenvalue weighted by Crippen LogP contribution is -2.29. The van der Waals surface area contributed by atoms with E-state index < -0.39 is 0 Å². The number of ether oxygens (including phenoxy) is 2. The Morgan fingerprint density at radius 3 is 2.73 bits per heavy atom. The Bertz CT molecular complexity index is 1010. The second-order valence-corrected chi connectivity index (χ2v) is 6.83. The number of carbonyl (C=O) groups is 1. The molecule has 134 valence electrons. The number of aromatic nitrogens is 1. The highest BCUT2D eigenvalue weighted by Crippen LogP contribution is 2.41. The van der Waals surface area contributed by atoms with Gasteiger partial charge in [-0.25, -0.2) is 0 Å². The predicted octanol–water partition coefficient (Wildman–Crippen LogP) is 3.73. The van der Waals surface area contributed by atoms with Crippen molar-refractivity contribution < 1.29 is 14.3 Å². The summed E-state index contributed by atoms with van der Waals surface area (Å²) in [7, 11) is 1.60. The summed E-state index contributed by atoms with van der Waals surface area (Å²) < 4.78 is 13.1. The summed E-state index contributed by atoms with van der Waals surface area (Å²) in [4.78, 5) is 13.3. The van der Waals surface area contributed by atoms with Crippen molar-refractivity contribution >= 4 is 28.3 Å². The highest BCUT2D eigenvalue weighted by molar-refractivity contribution is 6.32. The molecule has 3 aromatic rings. The van der Waals surface area contributed by atoms with Gasteiger partial charge in [-0.1, -0.05) is 11.6 Å². The molecule has 0 spiro atoms. The molecule has 1 unspecified atom stereocenters. The van der Waals surface area contributed by atoms with Crippen LogP contribution in [0.1, 0.15) is 27.7 Å². The molecule has 4 rings (SSSR count). The van der Waals surface area contributed by atoms with Crippen LogP contribution in [0.3, 0.4) is 0 Å². The third-order valence-corrected chi connectivity index (χ3v) is 5.14. The predicted molar refractivity (Wildman–Crippen MR) is 102 cm³/mol. The quantitative estimate of drug-likeness (QED) is 0.710. The minimum Gasteiger partial charge on any atom is -0.497 e. The Morgan fingerprint density at radius 2 is 2.08 bits per heavy atom. The molecule has 1 aliphatic rings. The lowest BCUT2D eigenvalue weighted by atomic mass is 10.0. The minimum absolute atomic E-state index is 0.0106. The number of nitrogens with zero attached hydrogens (tertiary/aromatic N) is 1. The highest BCUT2D eigenvalue weighted by Gasteiger charge is 2.30. The molecule has 0 fully saturated rings. The largest absolute Gasteiger partial charge is 0.497 e. The Kier molecular flexibility index (Phi) is 4.13. The minimum atomic E-state index is -0.0557. The maximum atomic E-state index is 13.3. The zero-order valence-corrected chi connectivity index (χ0v) is 15.3. The fourth-order valence-electron chi connectivity index (χ4n) is 3.67. The van der Waals surface area contributed by atoms with Crippen LogP contribution in [-0.4, -0.2) is 30.6 Å². The van der Waals surface area contributed by atoms with Crippen LogP contribution in [0.25, 0.3) is 10.9 Å². The molecule has 1 atom stereocenters. The van der Waals surface area contributed by atoms with Crippen LogP contribution < -0.4 is 15.2 Å². The van der Waals surface area contributed by atoms with Gasteiger partial charge in [0.05, 0.1) is 24.2 Å². The van der Waals surface area contributed by atoms with E-state index in [1.165, 1.54) is 0 Å². The van der Waals surface area contributed by atoms with Gasteiger partial charge >= 0.3 is 0 Å². The number of hydrogen-bond acceptors (Lipinski definition) is 4. The third-order valence-electron chi connectivity index (χ3n) is 4.92. The van der Waals surface area contributed by atoms with Crippen molar-refractivity contribution in [2.45, 2.75) is 13.0 Å². The van der Waals surface area contributed by atoms with E-state index in [2.05, 4.69) is 4.57 Å². The van der Waals surface area contributed by atoms with Gasteiger partial charge in [-0.05, 0) is 37.3 Å². The van der Waals surface area contributed by atoms with Crippen molar-refractivity contribution in [2.24, 2.45) is 5.73 Å². The first kappa shape index (κ1) is 16.9. The zero-order valence-electron chi connectivity index (χ0n) is 14.6. The van der Waals surface area contributed by atoms with Crippen LogP contribution in [0.4, 0.5) is 0 Å². The molecule has 0 aliphatic carbocycles. The van der Waals surface area contributed by atoms with Crippen molar-refractivity contribution in [3.63, 3.8) is 0 Å². The summed E-state index contributed by atoms with van der Waals surface area (Å²) in [6.45, 7) is 2.84. The normalized spacial score (nSPS) is 15.8. The van der Waals surface area contributed by atoms with Crippen LogP contribution in [0, 0.1) is 6.92 Å². The number of rotatable bonds is 4. The van der Waals surface area contributed by atoms with E-state index in [0.717, 1.165) is 16.6 Å². The van der Waals surface area contributed by atoms with Gasteiger partial charge in [-0.15, -0.1) is 0 Å². The SMILES string of the molecule is COc1ccc(C(=O)c2c(C)n3c4c(cc(Cl)cc24)OCC3CN)cc1. The molecule has 6 heteroatoms. The Labute approximate surface area is 156 Å². The molecule has 0 radical (unpaired) electrons. The summed E-state index contributed by atoms with van der Waals surface area (Å²) >= 11 is 6.28. The molecule has 2 N–H and O–H groups in total. The molecule has 2 aromatic carbocycles. The maximum Gasteiger partial charge on any atom is 0.195 e. The fourth-order valence-corrected chi connectivity index (χ4v) is 3.88. The smallest absolute Gasteiger partial charge is 0.195 e. The first-order chi connectivity index (χ1) is 12.5. The van der Waals surface area contributed by atoms with Gasteiger partial charge in [-0.2, -0.15) is 0 Å². The van der Waals surface area contributed by atoms with Crippen molar-refractivity contribution in [2.75, 3.05) is 20.3 Å². The van der Waals surface area contributed by atoms with Crippen molar-refractivity contribution in [3.05, 3.63) is 58.2 Å². The summed E-state index contributed by atoms with van der Waals surface area (Å²) in [5.41, 5.74) is 8.93. The lowest BCUT2D eigenvalue weighted by Gasteiger charge is -2.26. The number of ketones is 1. The third kappa shape index (κ3) is 2.47. The number of carbonyl (C=O) groups excluding carboxylic acids is 1. The number of hydrogen-bond donors (Lipinski definition) is 1. The highest BCUT2D eigenvalue weighted by atomic mass is 35.5. The van der Waals surface area contributed by atoms with Crippen LogP contribution in [0.5, 0.6) is 11.5 Å². The monoisotopic (exact) mass is 370 g/mol. The average Bonchev–Trinajstić information content (AvgIpc) is 2.95. The molecule has 0 saturated heterocycles. The molecule has 1 aromatic heterocycles. The van der Waals surface area contributed by atoms with E-state index in [1.807, 2.05) is 13.0 Å². The molecule has 0 saturated carbocycles. The number of methoxy groups -OCH3 is 1. The molecular formula is C20H19ClN2O3. The van der Waals surface area contributed by atoms with Gasteiger partial charge < -0.3 is 19.8 Å². The van der Waals surface area contributed by atoms with Crippen molar-refractivity contribution in [3.8, 4) is 11.5 Å². The van der Waals surface area contributed by atoms with Gasteiger partial charge in [0, 0.05) is 34.3 Å². The first-order valence-corrected chi connectivity index (χ1v) is 8.78. The van der Waals surface area contributed by atoms with E-state index >= 15 is 0 Å². The summed E-state index contributed by atoms with van der Waals surface area (Å²) in [6, 6.07) is 10.7. The van der Waals surface area contributed by atoms with E-state index in [4.69, 9.17) is 26.8 Å². The zero-order chi connectivity index (χ0) is 18.4. The van der Waals surface area contributed by atoms with E-state index in [1.54, 1.807) is 37.4 Å². The second kappa shape index (κ2) is 6.34. The molecule has 0 bridgehead atoms. The fraction of sp³-hybridized carbons (Fsp3) is 0.250. The molecule has 2 heterocycles. The van der Waals surface area contributed by atoms with Gasteiger partial charge in [0.2, 0.25) is 0 Å². The molecule has 1 aliphatic heterocycles. The Balaban J connectivity index is 1.95. The molecule has 0 amide bonds. The average molecular weight is 371 g/mol. The van der Waals surface area contributed by atoms with E-state index in [-0.39, 0.29) is 11.8 Å². The number of nitrogens with two attached hydrogens (primary N) is 1. The summed E-state index contributed by atoms with van der Waals surface area (Å²) in [5.74, 6) is 1.34. The summed E-state index contributed by atoms with van der Waals surface area (Å²) in [6.07, 6.45) is 0. The van der Waals surface area contributed by atoms with Gasteiger partial charge in [0.25, 0.3) is 0 Å². The molecule has 5 nitrogen and oxygen atoms in total. The van der Waals surface area contributed by atoms with Crippen molar-refractivity contribution in [1.29, 1.82) is 0 Å². The second-order valence-electron chi connectivity index (χ2n) is 6.39. The van der Waals surface area contributed by atoms with Gasteiger partial charge in [0.15, 0.2) is 5.78 Å². The standard InChI is InChI=1S/C20H19ClN2O3/c1-11-18(20(24)12-3-5-15(25-2)6-4-12)16-7-13(21)8-17-19(16)23(11)14(9-22)10-26-17/h3-8,14H,9-10,22H2,1-2H3. The first-order valence-electron chi connectivity index (χ1n) is 8.40.